The second-order valence-electron chi connectivity index (χ2n) is 5.54. The Kier molecular flexibility index (Phi) is 5.53. The van der Waals surface area contributed by atoms with Gasteiger partial charge in [-0.25, -0.2) is 0 Å². The van der Waals surface area contributed by atoms with Crippen LogP contribution in [0, 0.1) is 6.92 Å². The van der Waals surface area contributed by atoms with Crippen LogP contribution in [0.4, 0.5) is 0 Å². The first-order valence-electron chi connectivity index (χ1n) is 7.81. The summed E-state index contributed by atoms with van der Waals surface area (Å²) in [5, 5.41) is 12.8. The lowest BCUT2D eigenvalue weighted by Crippen LogP contribution is -1.95. The van der Waals surface area contributed by atoms with E-state index in [4.69, 9.17) is 9.15 Å². The Morgan fingerprint density at radius 3 is 2.79 bits per heavy atom. The molecule has 0 unspecified atom stereocenters. The molecule has 0 amide bonds. The Bertz CT molecular complexity index is 767. The lowest BCUT2D eigenvalue weighted by atomic mass is 10.2. The monoisotopic (exact) mass is 344 g/mol. The summed E-state index contributed by atoms with van der Waals surface area (Å²) < 4.78 is 13.0. The fraction of sp³-hybridized carbons (Fsp3) is 0.353. The Morgan fingerprint density at radius 1 is 1.21 bits per heavy atom. The first-order chi connectivity index (χ1) is 11.7. The van der Waals surface area contributed by atoms with E-state index in [-0.39, 0.29) is 6.61 Å². The molecule has 3 rings (SSSR count). The van der Waals surface area contributed by atoms with Crippen LogP contribution in [0.3, 0.4) is 0 Å². The smallest absolute Gasteiger partial charge is 0.276 e. The zero-order valence-electron chi connectivity index (χ0n) is 13.8. The maximum Gasteiger partial charge on any atom is 0.276 e. The molecule has 2 heterocycles. The van der Waals surface area contributed by atoms with Gasteiger partial charge in [-0.15, -0.1) is 10.2 Å². The number of hydrogen-bond donors (Lipinski definition) is 0. The van der Waals surface area contributed by atoms with E-state index in [0.717, 1.165) is 24.3 Å². The van der Waals surface area contributed by atoms with E-state index in [1.54, 1.807) is 11.8 Å². The number of thioether (sulfide) groups is 1. The summed E-state index contributed by atoms with van der Waals surface area (Å²) in [5.41, 5.74) is 2.45. The molecule has 1 aromatic carbocycles. The van der Waals surface area contributed by atoms with Gasteiger partial charge >= 0.3 is 0 Å². The normalized spacial score (nSPS) is 10.9. The van der Waals surface area contributed by atoms with Crippen molar-refractivity contribution in [3.8, 4) is 5.75 Å². The first kappa shape index (κ1) is 16.6. The number of ether oxygens (including phenoxy) is 1. The van der Waals surface area contributed by atoms with Crippen LogP contribution in [0.5, 0.6) is 5.75 Å². The second-order valence-corrected chi connectivity index (χ2v) is 6.58. The van der Waals surface area contributed by atoms with Gasteiger partial charge in [0, 0.05) is 19.0 Å². The minimum absolute atomic E-state index is 0.284. The number of benzene rings is 1. The van der Waals surface area contributed by atoms with Crippen LogP contribution < -0.4 is 4.74 Å². The molecule has 0 fully saturated rings. The van der Waals surface area contributed by atoms with E-state index < -0.39 is 0 Å². The zero-order valence-corrected chi connectivity index (χ0v) is 14.6. The molecule has 3 aromatic rings. The predicted octanol–water partition coefficient (Wildman–Crippen LogP) is 3.42. The van der Waals surface area contributed by atoms with E-state index in [1.165, 1.54) is 11.1 Å². The SMILES string of the molecule is Cc1ccc(OCc2nnc(SCCCc3cnn(C)c3)o2)cc1. The van der Waals surface area contributed by atoms with Crippen LogP contribution in [-0.4, -0.2) is 25.7 Å². The van der Waals surface area contributed by atoms with Crippen molar-refractivity contribution in [2.45, 2.75) is 31.6 Å². The molecule has 0 aliphatic heterocycles. The third-order valence-electron chi connectivity index (χ3n) is 3.43. The summed E-state index contributed by atoms with van der Waals surface area (Å²) in [6, 6.07) is 7.87. The van der Waals surface area contributed by atoms with E-state index in [0.29, 0.717) is 11.1 Å². The molecule has 0 atom stereocenters. The molecule has 7 heteroatoms. The fourth-order valence-electron chi connectivity index (χ4n) is 2.17. The quantitative estimate of drug-likeness (QED) is 0.461. The van der Waals surface area contributed by atoms with Crippen molar-refractivity contribution in [2.24, 2.45) is 7.05 Å². The Labute approximate surface area is 145 Å². The van der Waals surface area contributed by atoms with Gasteiger partial charge in [0.2, 0.25) is 0 Å². The van der Waals surface area contributed by atoms with Crippen molar-refractivity contribution in [1.29, 1.82) is 0 Å². The molecule has 0 N–H and O–H groups in total. The highest BCUT2D eigenvalue weighted by Crippen LogP contribution is 2.19. The summed E-state index contributed by atoms with van der Waals surface area (Å²) in [5.74, 6) is 2.21. The van der Waals surface area contributed by atoms with E-state index >= 15 is 0 Å². The average Bonchev–Trinajstić information content (AvgIpc) is 3.20. The van der Waals surface area contributed by atoms with Gasteiger partial charge in [0.25, 0.3) is 11.1 Å². The predicted molar refractivity (Wildman–Crippen MR) is 92.1 cm³/mol. The van der Waals surface area contributed by atoms with Crippen molar-refractivity contribution in [3.05, 3.63) is 53.7 Å². The standard InChI is InChI=1S/C17H20N4O2S/c1-13-5-7-15(8-6-13)22-12-16-19-20-17(23-16)24-9-3-4-14-10-18-21(2)11-14/h5-8,10-11H,3-4,9,12H2,1-2H3. The fourth-order valence-corrected chi connectivity index (χ4v) is 2.89. The number of aromatic nitrogens is 4. The van der Waals surface area contributed by atoms with Gasteiger partial charge in [0.05, 0.1) is 6.20 Å². The highest BCUT2D eigenvalue weighted by Gasteiger charge is 2.07. The molecule has 2 aromatic heterocycles. The minimum Gasteiger partial charge on any atom is -0.484 e. The number of hydrogen-bond acceptors (Lipinski definition) is 6. The van der Waals surface area contributed by atoms with Crippen LogP contribution in [0.25, 0.3) is 0 Å². The van der Waals surface area contributed by atoms with Gasteiger partial charge in [-0.2, -0.15) is 5.10 Å². The molecule has 0 saturated carbocycles. The summed E-state index contributed by atoms with van der Waals surface area (Å²) in [6.45, 7) is 2.33. The summed E-state index contributed by atoms with van der Waals surface area (Å²) in [7, 11) is 1.93. The Hall–Kier alpha value is -2.28. The number of rotatable bonds is 8. The lowest BCUT2D eigenvalue weighted by Gasteiger charge is -2.02. The molecule has 0 radical (unpaired) electrons. The van der Waals surface area contributed by atoms with Crippen LogP contribution in [0.1, 0.15) is 23.4 Å². The van der Waals surface area contributed by atoms with E-state index in [2.05, 4.69) is 15.3 Å². The van der Waals surface area contributed by atoms with Crippen molar-refractivity contribution in [3.63, 3.8) is 0 Å². The molecule has 0 spiro atoms. The molecule has 24 heavy (non-hydrogen) atoms. The van der Waals surface area contributed by atoms with Crippen LogP contribution >= 0.6 is 11.8 Å². The molecule has 0 saturated heterocycles. The van der Waals surface area contributed by atoms with Gasteiger partial charge in [-0.1, -0.05) is 29.5 Å². The second kappa shape index (κ2) is 8.01. The lowest BCUT2D eigenvalue weighted by molar-refractivity contribution is 0.252. The van der Waals surface area contributed by atoms with Crippen molar-refractivity contribution < 1.29 is 9.15 Å². The van der Waals surface area contributed by atoms with Crippen LogP contribution in [0.2, 0.25) is 0 Å². The number of nitrogens with zero attached hydrogens (tertiary/aromatic N) is 4. The zero-order chi connectivity index (χ0) is 16.8. The Balaban J connectivity index is 1.39. The molecule has 6 nitrogen and oxygen atoms in total. The van der Waals surface area contributed by atoms with Gasteiger partial charge in [-0.3, -0.25) is 4.68 Å². The first-order valence-corrected chi connectivity index (χ1v) is 8.80. The third-order valence-corrected chi connectivity index (χ3v) is 4.33. The molecular formula is C17H20N4O2S. The molecule has 0 bridgehead atoms. The number of aryl methyl sites for hydroxylation is 3. The maximum absolute atomic E-state index is 5.63. The van der Waals surface area contributed by atoms with Gasteiger partial charge in [-0.05, 0) is 37.5 Å². The largest absolute Gasteiger partial charge is 0.484 e. The topological polar surface area (TPSA) is 66.0 Å². The van der Waals surface area contributed by atoms with Gasteiger partial charge in [0.1, 0.15) is 5.75 Å². The molecular weight excluding hydrogens is 324 g/mol. The molecule has 126 valence electrons. The van der Waals surface area contributed by atoms with Gasteiger partial charge < -0.3 is 9.15 Å². The van der Waals surface area contributed by atoms with Crippen LogP contribution in [-0.2, 0) is 20.1 Å². The average molecular weight is 344 g/mol. The molecule has 0 aliphatic carbocycles. The maximum atomic E-state index is 5.63. The van der Waals surface area contributed by atoms with Crippen molar-refractivity contribution in [1.82, 2.24) is 20.0 Å². The van der Waals surface area contributed by atoms with Crippen molar-refractivity contribution in [2.75, 3.05) is 5.75 Å². The van der Waals surface area contributed by atoms with Crippen LogP contribution in [0.15, 0.2) is 46.3 Å². The van der Waals surface area contributed by atoms with E-state index in [1.807, 2.05) is 55.3 Å². The summed E-state index contributed by atoms with van der Waals surface area (Å²) in [6.07, 6.45) is 5.97. The summed E-state index contributed by atoms with van der Waals surface area (Å²) >= 11 is 1.57. The van der Waals surface area contributed by atoms with E-state index in [9.17, 15) is 0 Å². The van der Waals surface area contributed by atoms with Gasteiger partial charge in [0.15, 0.2) is 6.61 Å². The van der Waals surface area contributed by atoms with Crippen molar-refractivity contribution >= 4 is 11.8 Å². The highest BCUT2D eigenvalue weighted by atomic mass is 32.2. The highest BCUT2D eigenvalue weighted by molar-refractivity contribution is 7.99. The minimum atomic E-state index is 0.284. The third kappa shape index (κ3) is 4.86. The Morgan fingerprint density at radius 2 is 2.04 bits per heavy atom. The molecule has 0 aliphatic rings. The summed E-state index contributed by atoms with van der Waals surface area (Å²) in [4.78, 5) is 0.